The normalized spacial score (nSPS) is 15.4. The molecule has 148 valence electrons. The van der Waals surface area contributed by atoms with E-state index in [1.807, 2.05) is 0 Å². The predicted octanol–water partition coefficient (Wildman–Crippen LogP) is 6.13. The number of rotatable bonds is 11. The minimum atomic E-state index is -1.66. The smallest absolute Gasteiger partial charge is 0.192 e. The molecule has 0 saturated heterocycles. The van der Waals surface area contributed by atoms with Crippen molar-refractivity contribution in [1.29, 1.82) is 0 Å². The largest absolute Gasteiger partial charge is 0.414 e. The van der Waals surface area contributed by atoms with E-state index in [1.54, 1.807) is 0 Å². The standard InChI is InChI=1S/C20H44O2Si3/c1-10-24(11-2,12-3)20(16-17-23(7,8)9)19(21)18-22-25(13-4,14-5)15-6/h19-21H,10-15,18H2,1-9H3/t19-,20-/m0/s1. The fourth-order valence-corrected chi connectivity index (χ4v) is 11.3. The summed E-state index contributed by atoms with van der Waals surface area (Å²) < 4.78 is 6.44. The molecule has 0 aliphatic carbocycles. The Morgan fingerprint density at radius 2 is 1.24 bits per heavy atom. The zero-order chi connectivity index (χ0) is 19.7. The van der Waals surface area contributed by atoms with Gasteiger partial charge in [0.25, 0.3) is 0 Å². The molecule has 0 aliphatic rings. The maximum Gasteiger partial charge on any atom is 0.192 e. The molecule has 0 aromatic rings. The minimum Gasteiger partial charge on any atom is -0.414 e. The summed E-state index contributed by atoms with van der Waals surface area (Å²) in [5.74, 6) is 3.60. The van der Waals surface area contributed by atoms with Crippen LogP contribution < -0.4 is 0 Å². The van der Waals surface area contributed by atoms with E-state index >= 15 is 0 Å². The summed E-state index contributed by atoms with van der Waals surface area (Å²) >= 11 is 0. The quantitative estimate of drug-likeness (QED) is 0.334. The Labute approximate surface area is 161 Å². The van der Waals surface area contributed by atoms with Gasteiger partial charge >= 0.3 is 0 Å². The molecule has 0 unspecified atom stereocenters. The van der Waals surface area contributed by atoms with Crippen molar-refractivity contribution in [2.24, 2.45) is 0 Å². The van der Waals surface area contributed by atoms with Crippen LogP contribution in [-0.2, 0) is 4.43 Å². The highest BCUT2D eigenvalue weighted by Gasteiger charge is 2.41. The summed E-state index contributed by atoms with van der Waals surface area (Å²) in [4.78, 5) is 0. The van der Waals surface area contributed by atoms with Gasteiger partial charge in [-0.2, -0.15) is 0 Å². The Hall–Kier alpha value is 0.131. The summed E-state index contributed by atoms with van der Waals surface area (Å²) in [5.41, 5.74) is 3.72. The number of hydrogen-bond donors (Lipinski definition) is 1. The molecule has 0 amide bonds. The lowest BCUT2D eigenvalue weighted by atomic mass is 10.3. The van der Waals surface area contributed by atoms with Crippen LogP contribution in [0.15, 0.2) is 0 Å². The highest BCUT2D eigenvalue weighted by Crippen LogP contribution is 2.36. The van der Waals surface area contributed by atoms with Gasteiger partial charge in [-0.25, -0.2) is 0 Å². The molecule has 0 rings (SSSR count). The van der Waals surface area contributed by atoms with Crippen molar-refractivity contribution in [2.75, 3.05) is 6.61 Å². The molecule has 1 N–H and O–H groups in total. The van der Waals surface area contributed by atoms with Gasteiger partial charge in [0.2, 0.25) is 0 Å². The molecule has 2 atom stereocenters. The zero-order valence-corrected chi connectivity index (χ0v) is 21.5. The molecule has 0 aromatic heterocycles. The summed E-state index contributed by atoms with van der Waals surface area (Å²) in [7, 11) is -4.71. The van der Waals surface area contributed by atoms with Crippen molar-refractivity contribution < 1.29 is 9.53 Å². The van der Waals surface area contributed by atoms with Gasteiger partial charge in [-0.05, 0) is 18.1 Å². The van der Waals surface area contributed by atoms with Crippen LogP contribution in [0.5, 0.6) is 0 Å². The Morgan fingerprint density at radius 1 is 0.800 bits per heavy atom. The third kappa shape index (κ3) is 7.34. The van der Waals surface area contributed by atoms with Crippen molar-refractivity contribution in [3.63, 3.8) is 0 Å². The minimum absolute atomic E-state index is 0.150. The van der Waals surface area contributed by atoms with E-state index in [0.717, 1.165) is 18.1 Å². The van der Waals surface area contributed by atoms with E-state index in [-0.39, 0.29) is 5.54 Å². The molecular formula is C20H44O2Si3. The molecule has 0 saturated carbocycles. The van der Waals surface area contributed by atoms with Crippen molar-refractivity contribution in [3.05, 3.63) is 0 Å². The first kappa shape index (κ1) is 25.1. The monoisotopic (exact) mass is 400 g/mol. The van der Waals surface area contributed by atoms with E-state index in [2.05, 4.69) is 72.6 Å². The average Bonchev–Trinajstić information content (AvgIpc) is 2.59. The maximum atomic E-state index is 11.1. The van der Waals surface area contributed by atoms with Gasteiger partial charge in [0.15, 0.2) is 8.32 Å². The molecule has 0 radical (unpaired) electrons. The second-order valence-electron chi connectivity index (χ2n) is 8.54. The van der Waals surface area contributed by atoms with Crippen LogP contribution in [0, 0.1) is 11.5 Å². The molecule has 0 spiro atoms. The molecule has 0 aromatic carbocycles. The summed E-state index contributed by atoms with van der Waals surface area (Å²) in [6, 6.07) is 6.99. The lowest BCUT2D eigenvalue weighted by Crippen LogP contribution is -2.46. The summed E-state index contributed by atoms with van der Waals surface area (Å²) in [6.07, 6.45) is -0.424. The second kappa shape index (κ2) is 11.1. The Bertz CT molecular complexity index is 410. The second-order valence-corrected chi connectivity index (χ2v) is 23.5. The van der Waals surface area contributed by atoms with Crippen molar-refractivity contribution in [3.8, 4) is 11.5 Å². The molecule has 0 bridgehead atoms. The van der Waals surface area contributed by atoms with E-state index in [4.69, 9.17) is 4.43 Å². The average molecular weight is 401 g/mol. The third-order valence-electron chi connectivity index (χ3n) is 6.25. The third-order valence-corrected chi connectivity index (χ3v) is 17.9. The molecule has 0 aliphatic heterocycles. The molecule has 0 heterocycles. The van der Waals surface area contributed by atoms with Crippen LogP contribution >= 0.6 is 0 Å². The highest BCUT2D eigenvalue weighted by atomic mass is 28.4. The van der Waals surface area contributed by atoms with Crippen LogP contribution in [0.1, 0.15) is 41.5 Å². The van der Waals surface area contributed by atoms with Gasteiger partial charge in [0.1, 0.15) is 8.07 Å². The number of hydrogen-bond acceptors (Lipinski definition) is 2. The Morgan fingerprint density at radius 3 is 1.56 bits per heavy atom. The fourth-order valence-electron chi connectivity index (χ4n) is 3.78. The number of aliphatic hydroxyl groups is 1. The van der Waals surface area contributed by atoms with Gasteiger partial charge in [-0.15, -0.1) is 11.5 Å². The van der Waals surface area contributed by atoms with Crippen LogP contribution in [0.25, 0.3) is 0 Å². The highest BCUT2D eigenvalue weighted by molar-refractivity contribution is 6.85. The molecular weight excluding hydrogens is 356 g/mol. The Kier molecular flexibility index (Phi) is 11.1. The first-order chi connectivity index (χ1) is 11.6. The van der Waals surface area contributed by atoms with Crippen LogP contribution in [0.4, 0.5) is 0 Å². The van der Waals surface area contributed by atoms with Gasteiger partial charge in [-0.1, -0.05) is 79.3 Å². The zero-order valence-electron chi connectivity index (χ0n) is 18.5. The van der Waals surface area contributed by atoms with Gasteiger partial charge in [-0.3, -0.25) is 0 Å². The lowest BCUT2D eigenvalue weighted by Gasteiger charge is -2.38. The first-order valence-corrected chi connectivity index (χ1v) is 19.2. The van der Waals surface area contributed by atoms with Gasteiger partial charge in [0, 0.05) is 5.54 Å². The summed E-state index contributed by atoms with van der Waals surface area (Å²) in [6.45, 7) is 21.0. The van der Waals surface area contributed by atoms with E-state index in [0.29, 0.717) is 6.61 Å². The SMILES string of the molecule is CC[Si](CC)(CC)OC[C@H](O)[C@H](C#C[Si](C)(C)C)[Si](CC)(CC)CC. The van der Waals surface area contributed by atoms with E-state index in [1.165, 1.54) is 18.1 Å². The molecule has 2 nitrogen and oxygen atoms in total. The van der Waals surface area contributed by atoms with Gasteiger partial charge in [0.05, 0.1) is 20.8 Å². The molecule has 25 heavy (non-hydrogen) atoms. The van der Waals surface area contributed by atoms with Crippen LogP contribution in [0.3, 0.4) is 0 Å². The first-order valence-electron chi connectivity index (χ1n) is 10.4. The van der Waals surface area contributed by atoms with Gasteiger partial charge < -0.3 is 9.53 Å². The Balaban J connectivity index is 5.56. The van der Waals surface area contributed by atoms with Crippen LogP contribution in [0.2, 0.25) is 61.4 Å². The van der Waals surface area contributed by atoms with Crippen molar-refractivity contribution in [2.45, 2.75) is 109 Å². The van der Waals surface area contributed by atoms with Crippen LogP contribution in [-0.4, -0.2) is 42.3 Å². The number of aliphatic hydroxyl groups excluding tert-OH is 1. The molecule has 0 fully saturated rings. The van der Waals surface area contributed by atoms with Crippen molar-refractivity contribution in [1.82, 2.24) is 0 Å². The molecule has 5 heteroatoms. The lowest BCUT2D eigenvalue weighted by molar-refractivity contribution is 0.103. The maximum absolute atomic E-state index is 11.1. The summed E-state index contributed by atoms with van der Waals surface area (Å²) in [5, 5.41) is 11.1. The van der Waals surface area contributed by atoms with Crippen molar-refractivity contribution >= 4 is 24.5 Å². The van der Waals surface area contributed by atoms with E-state index < -0.39 is 30.6 Å². The van der Waals surface area contributed by atoms with E-state index in [9.17, 15) is 5.11 Å². The predicted molar refractivity (Wildman–Crippen MR) is 121 cm³/mol. The topological polar surface area (TPSA) is 29.5 Å². The fraction of sp³-hybridized carbons (Fsp3) is 0.900.